The molecular weight excluding hydrogens is 402 g/mol. The van der Waals surface area contributed by atoms with Crippen LogP contribution in [0.4, 0.5) is 0 Å². The van der Waals surface area contributed by atoms with Gasteiger partial charge in [-0.1, -0.05) is 0 Å². The minimum Gasteiger partial charge on any atom is -0.497 e. The highest BCUT2D eigenvalue weighted by atomic mass is 32.2. The molecule has 0 saturated carbocycles. The van der Waals surface area contributed by atoms with Crippen molar-refractivity contribution in [1.29, 1.82) is 0 Å². The fraction of sp³-hybridized carbons (Fsp3) is 0.364. The standard InChI is InChI=1S/C22H25N3O4S/c1-29-17-4-6-18(7-5-17)30(27,28)14-10-22(26)25-12-8-16(9-13-25)20-15-21-19(24-20)3-2-11-23-21/h2-7,11,15-16,24H,8-10,12-14H2,1H3. The minimum atomic E-state index is -3.50. The van der Waals surface area contributed by atoms with Gasteiger partial charge in [-0.15, -0.1) is 0 Å². The summed E-state index contributed by atoms with van der Waals surface area (Å²) in [5.74, 6) is 0.653. The highest BCUT2D eigenvalue weighted by Gasteiger charge is 2.26. The van der Waals surface area contributed by atoms with Crippen molar-refractivity contribution in [3.05, 3.63) is 54.4 Å². The van der Waals surface area contributed by atoms with Gasteiger partial charge in [-0.25, -0.2) is 8.42 Å². The molecule has 1 aliphatic rings. The SMILES string of the molecule is COc1ccc(S(=O)(=O)CCC(=O)N2CCC(c3cc4ncccc4[nH]3)CC2)cc1. The van der Waals surface area contributed by atoms with E-state index in [1.54, 1.807) is 23.2 Å². The summed E-state index contributed by atoms with van der Waals surface area (Å²) in [4.78, 5) is 22.4. The molecule has 1 aliphatic heterocycles. The molecule has 1 fully saturated rings. The molecule has 1 saturated heterocycles. The molecule has 30 heavy (non-hydrogen) atoms. The number of methoxy groups -OCH3 is 1. The Kier molecular flexibility index (Phi) is 5.76. The second-order valence-electron chi connectivity index (χ2n) is 7.56. The third-order valence-corrected chi connectivity index (χ3v) is 7.43. The maximum atomic E-state index is 12.6. The summed E-state index contributed by atoms with van der Waals surface area (Å²) in [6, 6.07) is 12.2. The van der Waals surface area contributed by atoms with Crippen molar-refractivity contribution in [3.8, 4) is 5.75 Å². The van der Waals surface area contributed by atoms with Crippen LogP contribution in [0.15, 0.2) is 53.6 Å². The molecule has 4 rings (SSSR count). The summed E-state index contributed by atoms with van der Waals surface area (Å²) in [6.45, 7) is 1.27. The van der Waals surface area contributed by atoms with Crippen LogP contribution < -0.4 is 4.74 Å². The van der Waals surface area contributed by atoms with Crippen molar-refractivity contribution in [3.63, 3.8) is 0 Å². The van der Waals surface area contributed by atoms with E-state index < -0.39 is 9.84 Å². The fourth-order valence-corrected chi connectivity index (χ4v) is 5.15. The molecule has 0 bridgehead atoms. The van der Waals surface area contributed by atoms with Crippen LogP contribution in [0, 0.1) is 0 Å². The van der Waals surface area contributed by atoms with E-state index in [2.05, 4.69) is 16.0 Å². The zero-order valence-corrected chi connectivity index (χ0v) is 17.7. The summed E-state index contributed by atoms with van der Waals surface area (Å²) in [7, 11) is -1.97. The number of H-pyrrole nitrogens is 1. The number of likely N-dealkylation sites (tertiary alicyclic amines) is 1. The Morgan fingerprint density at radius 1 is 1.20 bits per heavy atom. The number of rotatable bonds is 6. The van der Waals surface area contributed by atoms with Crippen LogP contribution in [0.1, 0.15) is 30.9 Å². The Morgan fingerprint density at radius 3 is 2.60 bits per heavy atom. The lowest BCUT2D eigenvalue weighted by Crippen LogP contribution is -2.38. The van der Waals surface area contributed by atoms with Crippen molar-refractivity contribution < 1.29 is 17.9 Å². The average molecular weight is 428 g/mol. The van der Waals surface area contributed by atoms with Crippen LogP contribution in [0.25, 0.3) is 11.0 Å². The van der Waals surface area contributed by atoms with Crippen LogP contribution in [-0.4, -0.2) is 55.1 Å². The number of piperidine rings is 1. The van der Waals surface area contributed by atoms with Crippen molar-refractivity contribution in [2.24, 2.45) is 0 Å². The molecule has 3 aromatic rings. The molecular formula is C22H25N3O4S. The number of hydrogen-bond donors (Lipinski definition) is 1. The number of nitrogens with zero attached hydrogens (tertiary/aromatic N) is 2. The summed E-state index contributed by atoms with van der Waals surface area (Å²) < 4.78 is 30.1. The van der Waals surface area contributed by atoms with Gasteiger partial charge in [0.1, 0.15) is 5.75 Å². The van der Waals surface area contributed by atoms with E-state index >= 15 is 0 Å². The number of ether oxygens (including phenoxy) is 1. The molecule has 0 atom stereocenters. The predicted octanol–water partition coefficient (Wildman–Crippen LogP) is 3.14. The largest absolute Gasteiger partial charge is 0.497 e. The van der Waals surface area contributed by atoms with Gasteiger partial charge in [0, 0.05) is 37.3 Å². The van der Waals surface area contributed by atoms with Gasteiger partial charge in [0.05, 0.1) is 28.8 Å². The van der Waals surface area contributed by atoms with Gasteiger partial charge >= 0.3 is 0 Å². The number of benzene rings is 1. The third-order valence-electron chi connectivity index (χ3n) is 5.70. The van der Waals surface area contributed by atoms with E-state index in [0.717, 1.165) is 29.6 Å². The van der Waals surface area contributed by atoms with Crippen LogP contribution in [0.5, 0.6) is 5.75 Å². The lowest BCUT2D eigenvalue weighted by atomic mass is 9.93. The molecule has 3 heterocycles. The van der Waals surface area contributed by atoms with Crippen LogP contribution in [0.2, 0.25) is 0 Å². The Morgan fingerprint density at radius 2 is 1.93 bits per heavy atom. The van der Waals surface area contributed by atoms with E-state index in [4.69, 9.17) is 4.74 Å². The number of carbonyl (C=O) groups is 1. The van der Waals surface area contributed by atoms with E-state index in [1.165, 1.54) is 19.2 Å². The van der Waals surface area contributed by atoms with Crippen LogP contribution in [-0.2, 0) is 14.6 Å². The second kappa shape index (κ2) is 8.47. The Balaban J connectivity index is 1.31. The Labute approximate surface area is 176 Å². The first kappa shape index (κ1) is 20.4. The minimum absolute atomic E-state index is 0.00463. The maximum Gasteiger partial charge on any atom is 0.223 e. The highest BCUT2D eigenvalue weighted by Crippen LogP contribution is 2.29. The molecule has 0 aliphatic carbocycles. The van der Waals surface area contributed by atoms with Crippen molar-refractivity contribution in [1.82, 2.24) is 14.9 Å². The Hall–Kier alpha value is -2.87. The molecule has 158 valence electrons. The number of pyridine rings is 1. The second-order valence-corrected chi connectivity index (χ2v) is 9.67. The number of fused-ring (bicyclic) bond motifs is 1. The number of aromatic nitrogens is 2. The number of sulfone groups is 1. The summed E-state index contributed by atoms with van der Waals surface area (Å²) >= 11 is 0. The smallest absolute Gasteiger partial charge is 0.223 e. The molecule has 1 aromatic carbocycles. The van der Waals surface area contributed by atoms with E-state index in [1.807, 2.05) is 12.1 Å². The first-order valence-electron chi connectivity index (χ1n) is 10.0. The van der Waals surface area contributed by atoms with E-state index in [9.17, 15) is 13.2 Å². The van der Waals surface area contributed by atoms with Crippen LogP contribution >= 0.6 is 0 Å². The number of hydrogen-bond acceptors (Lipinski definition) is 5. The van der Waals surface area contributed by atoms with E-state index in [0.29, 0.717) is 24.8 Å². The first-order valence-corrected chi connectivity index (χ1v) is 11.7. The lowest BCUT2D eigenvalue weighted by molar-refractivity contribution is -0.131. The van der Waals surface area contributed by atoms with Crippen molar-refractivity contribution >= 4 is 26.8 Å². The molecule has 1 amide bonds. The molecule has 0 radical (unpaired) electrons. The summed E-state index contributed by atoms with van der Waals surface area (Å²) in [5, 5.41) is 0. The molecule has 2 aromatic heterocycles. The molecule has 0 spiro atoms. The fourth-order valence-electron chi connectivity index (χ4n) is 3.92. The van der Waals surface area contributed by atoms with Gasteiger partial charge in [0.2, 0.25) is 5.91 Å². The van der Waals surface area contributed by atoms with Gasteiger partial charge in [-0.2, -0.15) is 0 Å². The molecule has 0 unspecified atom stereocenters. The van der Waals surface area contributed by atoms with Crippen molar-refractivity contribution in [2.75, 3.05) is 26.0 Å². The van der Waals surface area contributed by atoms with Gasteiger partial charge in [-0.3, -0.25) is 9.78 Å². The maximum absolute atomic E-state index is 12.6. The lowest BCUT2D eigenvalue weighted by Gasteiger charge is -2.31. The quantitative estimate of drug-likeness (QED) is 0.652. The molecule has 8 heteroatoms. The number of amides is 1. The average Bonchev–Trinajstić information content (AvgIpc) is 3.22. The van der Waals surface area contributed by atoms with Gasteiger partial charge < -0.3 is 14.6 Å². The zero-order chi connectivity index (χ0) is 21.1. The number of nitrogens with one attached hydrogen (secondary N) is 1. The van der Waals surface area contributed by atoms with Gasteiger partial charge in [0.25, 0.3) is 0 Å². The zero-order valence-electron chi connectivity index (χ0n) is 16.9. The van der Waals surface area contributed by atoms with Crippen LogP contribution in [0.3, 0.4) is 0 Å². The first-order chi connectivity index (χ1) is 14.5. The number of aromatic amines is 1. The summed E-state index contributed by atoms with van der Waals surface area (Å²) in [6.07, 6.45) is 3.48. The van der Waals surface area contributed by atoms with E-state index in [-0.39, 0.29) is 23.0 Å². The predicted molar refractivity (Wildman–Crippen MR) is 114 cm³/mol. The Bertz CT molecular complexity index is 1100. The third kappa shape index (κ3) is 4.33. The van der Waals surface area contributed by atoms with Gasteiger partial charge in [-0.05, 0) is 55.3 Å². The summed E-state index contributed by atoms with van der Waals surface area (Å²) in [5.41, 5.74) is 3.13. The highest BCUT2D eigenvalue weighted by molar-refractivity contribution is 7.91. The topological polar surface area (TPSA) is 92.4 Å². The van der Waals surface area contributed by atoms with Gasteiger partial charge in [0.15, 0.2) is 9.84 Å². The number of carbonyl (C=O) groups excluding carboxylic acids is 1. The molecule has 7 nitrogen and oxygen atoms in total. The normalized spacial score (nSPS) is 15.4. The van der Waals surface area contributed by atoms with Crippen molar-refractivity contribution in [2.45, 2.75) is 30.1 Å². The monoisotopic (exact) mass is 427 g/mol. The molecule has 1 N–H and O–H groups in total.